The van der Waals surface area contributed by atoms with E-state index in [0.717, 1.165) is 26.1 Å². The van der Waals surface area contributed by atoms with Gasteiger partial charge in [-0.2, -0.15) is 0 Å². The smallest absolute Gasteiger partial charge is 0.307 e. The molecule has 0 fully saturated rings. The van der Waals surface area contributed by atoms with Crippen molar-refractivity contribution in [2.75, 3.05) is 39.8 Å². The number of hydrogen-bond donors (Lipinski definition) is 0. The standard InChI is InChI=1S/C18H28N2O3/c1-4-19(5-2)13-9-14-20(15-12-17(21)23-3)18(22)16-10-7-6-8-11-16/h6-8,10-11H,4-5,9,12-15H2,1-3H3. The monoisotopic (exact) mass is 320 g/mol. The molecule has 0 aliphatic carbocycles. The Kier molecular flexibility index (Phi) is 8.98. The molecule has 0 aliphatic heterocycles. The summed E-state index contributed by atoms with van der Waals surface area (Å²) in [5.74, 6) is -0.325. The molecule has 0 bridgehead atoms. The lowest BCUT2D eigenvalue weighted by molar-refractivity contribution is -0.140. The molecule has 1 aromatic carbocycles. The lowest BCUT2D eigenvalue weighted by Crippen LogP contribution is -2.36. The van der Waals surface area contributed by atoms with Gasteiger partial charge in [-0.3, -0.25) is 9.59 Å². The molecule has 0 spiro atoms. The molecule has 0 aromatic heterocycles. The normalized spacial score (nSPS) is 10.6. The summed E-state index contributed by atoms with van der Waals surface area (Å²) in [6, 6.07) is 9.19. The molecule has 1 rings (SSSR count). The van der Waals surface area contributed by atoms with E-state index in [9.17, 15) is 9.59 Å². The number of benzene rings is 1. The Morgan fingerprint density at radius 3 is 2.22 bits per heavy atom. The minimum absolute atomic E-state index is 0.0333. The summed E-state index contributed by atoms with van der Waals surface area (Å²) < 4.78 is 4.68. The van der Waals surface area contributed by atoms with Gasteiger partial charge < -0.3 is 14.5 Å². The zero-order valence-electron chi connectivity index (χ0n) is 14.5. The van der Waals surface area contributed by atoms with Crippen LogP contribution in [0.25, 0.3) is 0 Å². The van der Waals surface area contributed by atoms with Crippen molar-refractivity contribution in [3.8, 4) is 0 Å². The first-order chi connectivity index (χ1) is 11.1. The number of amides is 1. The minimum atomic E-state index is -0.292. The highest BCUT2D eigenvalue weighted by atomic mass is 16.5. The van der Waals surface area contributed by atoms with E-state index in [1.54, 1.807) is 17.0 Å². The van der Waals surface area contributed by atoms with Crippen molar-refractivity contribution in [3.05, 3.63) is 35.9 Å². The molecule has 0 saturated heterocycles. The largest absolute Gasteiger partial charge is 0.469 e. The first kappa shape index (κ1) is 19.2. The number of hydrogen-bond acceptors (Lipinski definition) is 4. The number of esters is 1. The van der Waals surface area contributed by atoms with Gasteiger partial charge in [0.2, 0.25) is 0 Å². The predicted octanol–water partition coefficient (Wildman–Crippen LogP) is 2.42. The lowest BCUT2D eigenvalue weighted by atomic mass is 10.2. The van der Waals surface area contributed by atoms with E-state index in [2.05, 4.69) is 23.5 Å². The van der Waals surface area contributed by atoms with Gasteiger partial charge in [-0.25, -0.2) is 0 Å². The van der Waals surface area contributed by atoms with Crippen LogP contribution in [0, 0.1) is 0 Å². The second-order valence-corrected chi connectivity index (χ2v) is 5.36. The average molecular weight is 320 g/mol. The molecule has 128 valence electrons. The SMILES string of the molecule is CCN(CC)CCCN(CCC(=O)OC)C(=O)c1ccccc1. The van der Waals surface area contributed by atoms with Crippen molar-refractivity contribution in [2.24, 2.45) is 0 Å². The molecule has 1 aromatic rings. The van der Waals surface area contributed by atoms with Gasteiger partial charge in [0.25, 0.3) is 5.91 Å². The Bertz CT molecular complexity index is 472. The molecule has 0 heterocycles. The first-order valence-corrected chi connectivity index (χ1v) is 8.25. The minimum Gasteiger partial charge on any atom is -0.469 e. The Balaban J connectivity index is 2.65. The quantitative estimate of drug-likeness (QED) is 0.621. The summed E-state index contributed by atoms with van der Waals surface area (Å²) in [5.41, 5.74) is 0.653. The zero-order valence-corrected chi connectivity index (χ0v) is 14.5. The molecule has 0 radical (unpaired) electrons. The highest BCUT2D eigenvalue weighted by Gasteiger charge is 2.17. The average Bonchev–Trinajstić information content (AvgIpc) is 2.61. The Morgan fingerprint density at radius 1 is 1.00 bits per heavy atom. The number of ether oxygens (including phenoxy) is 1. The van der Waals surface area contributed by atoms with Crippen LogP contribution in [0.5, 0.6) is 0 Å². The highest BCUT2D eigenvalue weighted by molar-refractivity contribution is 5.94. The molecule has 23 heavy (non-hydrogen) atoms. The number of rotatable bonds is 10. The predicted molar refractivity (Wildman–Crippen MR) is 91.4 cm³/mol. The van der Waals surface area contributed by atoms with Crippen LogP contribution in [0.2, 0.25) is 0 Å². The third kappa shape index (κ3) is 6.82. The Hall–Kier alpha value is -1.88. The van der Waals surface area contributed by atoms with E-state index < -0.39 is 0 Å². The summed E-state index contributed by atoms with van der Waals surface area (Å²) in [4.78, 5) is 28.1. The second-order valence-electron chi connectivity index (χ2n) is 5.36. The molecule has 0 unspecified atom stereocenters. The molecule has 5 nitrogen and oxygen atoms in total. The Morgan fingerprint density at radius 2 is 1.65 bits per heavy atom. The maximum atomic E-state index is 12.6. The molecule has 1 amide bonds. The van der Waals surface area contributed by atoms with Crippen LogP contribution in [0.1, 0.15) is 37.0 Å². The topological polar surface area (TPSA) is 49.9 Å². The van der Waals surface area contributed by atoms with Crippen LogP contribution >= 0.6 is 0 Å². The van der Waals surface area contributed by atoms with Crippen LogP contribution in [0.3, 0.4) is 0 Å². The number of carbonyl (C=O) groups is 2. The summed E-state index contributed by atoms with van der Waals surface area (Å²) in [7, 11) is 1.37. The fourth-order valence-electron chi connectivity index (χ4n) is 2.43. The van der Waals surface area contributed by atoms with Gasteiger partial charge in [0.15, 0.2) is 0 Å². The van der Waals surface area contributed by atoms with Gasteiger partial charge in [-0.1, -0.05) is 32.0 Å². The van der Waals surface area contributed by atoms with Crippen LogP contribution in [0.4, 0.5) is 0 Å². The zero-order chi connectivity index (χ0) is 17.1. The van der Waals surface area contributed by atoms with E-state index in [4.69, 9.17) is 0 Å². The van der Waals surface area contributed by atoms with Crippen molar-refractivity contribution in [1.82, 2.24) is 9.80 Å². The van der Waals surface area contributed by atoms with Gasteiger partial charge in [0.05, 0.1) is 13.5 Å². The summed E-state index contributed by atoms with van der Waals surface area (Å²) >= 11 is 0. The second kappa shape index (κ2) is 10.8. The van der Waals surface area contributed by atoms with Crippen LogP contribution in [-0.4, -0.2) is 61.5 Å². The summed E-state index contributed by atoms with van der Waals surface area (Å²) in [6.07, 6.45) is 1.11. The van der Waals surface area contributed by atoms with Crippen LogP contribution in [-0.2, 0) is 9.53 Å². The molecule has 5 heteroatoms. The van der Waals surface area contributed by atoms with E-state index in [1.807, 2.05) is 18.2 Å². The third-order valence-electron chi connectivity index (χ3n) is 3.92. The maximum Gasteiger partial charge on any atom is 0.307 e. The fraction of sp³-hybridized carbons (Fsp3) is 0.556. The maximum absolute atomic E-state index is 12.6. The van der Waals surface area contributed by atoms with Crippen molar-refractivity contribution >= 4 is 11.9 Å². The molecular weight excluding hydrogens is 292 g/mol. The molecule has 0 aliphatic rings. The van der Waals surface area contributed by atoms with Gasteiger partial charge in [-0.05, 0) is 38.2 Å². The van der Waals surface area contributed by atoms with Crippen molar-refractivity contribution < 1.29 is 14.3 Å². The summed E-state index contributed by atoms with van der Waals surface area (Å²) in [5, 5.41) is 0. The van der Waals surface area contributed by atoms with Gasteiger partial charge in [-0.15, -0.1) is 0 Å². The van der Waals surface area contributed by atoms with Crippen LogP contribution in [0.15, 0.2) is 30.3 Å². The molecule has 0 saturated carbocycles. The van der Waals surface area contributed by atoms with Crippen LogP contribution < -0.4 is 0 Å². The van der Waals surface area contributed by atoms with E-state index in [0.29, 0.717) is 18.7 Å². The van der Waals surface area contributed by atoms with Gasteiger partial charge in [0.1, 0.15) is 0 Å². The number of carbonyl (C=O) groups excluding carboxylic acids is 2. The highest BCUT2D eigenvalue weighted by Crippen LogP contribution is 2.07. The van der Waals surface area contributed by atoms with Gasteiger partial charge in [0, 0.05) is 18.7 Å². The molecule has 0 N–H and O–H groups in total. The first-order valence-electron chi connectivity index (χ1n) is 8.25. The lowest BCUT2D eigenvalue weighted by Gasteiger charge is -2.24. The van der Waals surface area contributed by atoms with Crippen molar-refractivity contribution in [1.29, 1.82) is 0 Å². The van der Waals surface area contributed by atoms with E-state index in [-0.39, 0.29) is 18.3 Å². The third-order valence-corrected chi connectivity index (χ3v) is 3.92. The molecule has 0 atom stereocenters. The number of methoxy groups -OCH3 is 1. The summed E-state index contributed by atoms with van der Waals surface area (Å²) in [6.45, 7) is 8.25. The fourth-order valence-corrected chi connectivity index (χ4v) is 2.43. The van der Waals surface area contributed by atoms with E-state index >= 15 is 0 Å². The van der Waals surface area contributed by atoms with Crippen molar-refractivity contribution in [2.45, 2.75) is 26.7 Å². The van der Waals surface area contributed by atoms with Gasteiger partial charge >= 0.3 is 5.97 Å². The van der Waals surface area contributed by atoms with Crippen molar-refractivity contribution in [3.63, 3.8) is 0 Å². The Labute approximate surface area is 139 Å². The number of nitrogens with zero attached hydrogens (tertiary/aromatic N) is 2. The molecular formula is C18H28N2O3. The van der Waals surface area contributed by atoms with E-state index in [1.165, 1.54) is 7.11 Å².